The minimum absolute atomic E-state index is 0.947. The van der Waals surface area contributed by atoms with Crippen LogP contribution in [0.1, 0.15) is 88.7 Å². The molecule has 0 aliphatic heterocycles. The highest BCUT2D eigenvalue weighted by atomic mass is 14.5. The molecule has 4 aliphatic carbocycles. The Balaban J connectivity index is 1.21. The van der Waals surface area contributed by atoms with Crippen molar-refractivity contribution in [3.05, 3.63) is 35.4 Å². The van der Waals surface area contributed by atoms with Crippen LogP contribution in [0.15, 0.2) is 24.3 Å². The molecule has 1 aromatic carbocycles. The van der Waals surface area contributed by atoms with Gasteiger partial charge in [0, 0.05) is 0 Å². The molecule has 0 saturated heterocycles. The van der Waals surface area contributed by atoms with Gasteiger partial charge in [-0.05, 0) is 91.1 Å². The smallest absolute Gasteiger partial charge is 0.0248 e. The number of rotatable bonds is 4. The molecule has 27 heavy (non-hydrogen) atoms. The molecule has 4 saturated carbocycles. The standard InChI is InChI=1S/C27H40/c1-19-26(18-25-11-4-5-12-27(19)25)15-21-8-6-7-20(13-21)14-22-16-23-9-2-3-10-24(23)17-22/h6-8,13,19,22-27H,2-5,9-12,14-18H2,1H3. The summed E-state index contributed by atoms with van der Waals surface area (Å²) in [7, 11) is 0. The molecule has 0 nitrogen and oxygen atoms in total. The lowest BCUT2D eigenvalue weighted by atomic mass is 9.78. The lowest BCUT2D eigenvalue weighted by molar-refractivity contribution is 0.230. The van der Waals surface area contributed by atoms with Crippen LogP contribution in [0, 0.1) is 41.4 Å². The zero-order valence-electron chi connectivity index (χ0n) is 17.5. The van der Waals surface area contributed by atoms with Gasteiger partial charge in [-0.25, -0.2) is 0 Å². The summed E-state index contributed by atoms with van der Waals surface area (Å²) >= 11 is 0. The van der Waals surface area contributed by atoms with E-state index in [1.54, 1.807) is 11.1 Å². The summed E-state index contributed by atoms with van der Waals surface area (Å²) in [6.07, 6.45) is 19.4. The monoisotopic (exact) mass is 364 g/mol. The van der Waals surface area contributed by atoms with Crippen molar-refractivity contribution in [1.82, 2.24) is 0 Å². The molecule has 0 aromatic heterocycles. The van der Waals surface area contributed by atoms with Crippen molar-refractivity contribution in [2.45, 2.75) is 90.4 Å². The van der Waals surface area contributed by atoms with Gasteiger partial charge in [0.05, 0.1) is 0 Å². The minimum Gasteiger partial charge on any atom is -0.0620 e. The number of hydrogen-bond donors (Lipinski definition) is 0. The van der Waals surface area contributed by atoms with Gasteiger partial charge < -0.3 is 0 Å². The van der Waals surface area contributed by atoms with Crippen molar-refractivity contribution < 1.29 is 0 Å². The number of benzene rings is 1. The number of fused-ring (bicyclic) bond motifs is 2. The van der Waals surface area contributed by atoms with Crippen molar-refractivity contribution in [3.8, 4) is 0 Å². The van der Waals surface area contributed by atoms with E-state index in [2.05, 4.69) is 31.2 Å². The van der Waals surface area contributed by atoms with Gasteiger partial charge in [-0.3, -0.25) is 0 Å². The quantitative estimate of drug-likeness (QED) is 0.520. The molecule has 0 radical (unpaired) electrons. The molecule has 0 spiro atoms. The first kappa shape index (κ1) is 18.3. The summed E-state index contributed by atoms with van der Waals surface area (Å²) in [6.45, 7) is 2.57. The third-order valence-electron chi connectivity index (χ3n) is 9.34. The van der Waals surface area contributed by atoms with Crippen LogP contribution in [0.2, 0.25) is 0 Å². The molecule has 6 unspecified atom stereocenters. The van der Waals surface area contributed by atoms with Crippen LogP contribution in [-0.4, -0.2) is 0 Å². The second kappa shape index (κ2) is 7.92. The van der Waals surface area contributed by atoms with E-state index < -0.39 is 0 Å². The molecule has 4 aliphatic rings. The van der Waals surface area contributed by atoms with E-state index in [1.165, 1.54) is 83.5 Å². The predicted molar refractivity (Wildman–Crippen MR) is 115 cm³/mol. The first-order valence-electron chi connectivity index (χ1n) is 12.3. The molecule has 0 bridgehead atoms. The van der Waals surface area contributed by atoms with E-state index in [0.717, 1.165) is 41.4 Å². The van der Waals surface area contributed by atoms with Crippen LogP contribution in [0.25, 0.3) is 0 Å². The molecular formula is C27H40. The lowest BCUT2D eigenvalue weighted by Crippen LogP contribution is -2.18. The van der Waals surface area contributed by atoms with E-state index in [0.29, 0.717) is 0 Å². The van der Waals surface area contributed by atoms with Crippen molar-refractivity contribution in [3.63, 3.8) is 0 Å². The first-order valence-corrected chi connectivity index (χ1v) is 12.3. The van der Waals surface area contributed by atoms with Crippen LogP contribution in [0.5, 0.6) is 0 Å². The Hall–Kier alpha value is -0.780. The van der Waals surface area contributed by atoms with Crippen LogP contribution in [-0.2, 0) is 12.8 Å². The van der Waals surface area contributed by atoms with Crippen molar-refractivity contribution in [1.29, 1.82) is 0 Å². The topological polar surface area (TPSA) is 0 Å². The molecule has 6 atom stereocenters. The molecule has 148 valence electrons. The Bertz CT molecular complexity index is 617. The maximum Gasteiger partial charge on any atom is -0.0248 e. The van der Waals surface area contributed by atoms with Crippen molar-refractivity contribution in [2.24, 2.45) is 41.4 Å². The SMILES string of the molecule is CC1C(Cc2cccc(CC3CC4CCCCC4C3)c2)CC2CCCCC21. The lowest BCUT2D eigenvalue weighted by Gasteiger charge is -2.28. The molecule has 1 aromatic rings. The fraction of sp³-hybridized carbons (Fsp3) is 0.778. The fourth-order valence-corrected chi connectivity index (χ4v) is 7.99. The highest BCUT2D eigenvalue weighted by Crippen LogP contribution is 2.50. The highest BCUT2D eigenvalue weighted by molar-refractivity contribution is 5.25. The zero-order chi connectivity index (χ0) is 18.2. The summed E-state index contributed by atoms with van der Waals surface area (Å²) in [5.74, 6) is 7.14. The Morgan fingerprint density at radius 3 is 2.07 bits per heavy atom. The predicted octanol–water partition coefficient (Wildman–Crippen LogP) is 7.45. The van der Waals surface area contributed by atoms with Gasteiger partial charge in [0.2, 0.25) is 0 Å². The number of hydrogen-bond acceptors (Lipinski definition) is 0. The summed E-state index contributed by atoms with van der Waals surface area (Å²) in [4.78, 5) is 0. The highest BCUT2D eigenvalue weighted by Gasteiger charge is 2.41. The van der Waals surface area contributed by atoms with Gasteiger partial charge in [0.15, 0.2) is 0 Å². The van der Waals surface area contributed by atoms with Gasteiger partial charge >= 0.3 is 0 Å². The second-order valence-corrected chi connectivity index (χ2v) is 10.9. The van der Waals surface area contributed by atoms with Gasteiger partial charge in [0.25, 0.3) is 0 Å². The first-order chi connectivity index (χ1) is 13.3. The molecule has 5 rings (SSSR count). The Morgan fingerprint density at radius 2 is 1.37 bits per heavy atom. The maximum atomic E-state index is 2.59. The molecule has 0 N–H and O–H groups in total. The summed E-state index contributed by atoms with van der Waals surface area (Å²) < 4.78 is 0. The Labute approximate surface area is 167 Å². The van der Waals surface area contributed by atoms with Crippen LogP contribution >= 0.6 is 0 Å². The summed E-state index contributed by atoms with van der Waals surface area (Å²) in [5, 5.41) is 0. The third kappa shape index (κ3) is 3.88. The maximum absolute atomic E-state index is 2.59. The van der Waals surface area contributed by atoms with E-state index in [1.807, 2.05) is 0 Å². The molecule has 0 heterocycles. The molecule has 0 heteroatoms. The van der Waals surface area contributed by atoms with Gasteiger partial charge in [-0.2, -0.15) is 0 Å². The average Bonchev–Trinajstić information content (AvgIpc) is 3.23. The van der Waals surface area contributed by atoms with Gasteiger partial charge in [-0.1, -0.05) is 76.1 Å². The largest absolute Gasteiger partial charge is 0.0620 e. The summed E-state index contributed by atoms with van der Waals surface area (Å²) in [6, 6.07) is 9.80. The van der Waals surface area contributed by atoms with E-state index in [9.17, 15) is 0 Å². The third-order valence-corrected chi connectivity index (χ3v) is 9.34. The van der Waals surface area contributed by atoms with Crippen LogP contribution in [0.3, 0.4) is 0 Å². The van der Waals surface area contributed by atoms with Crippen molar-refractivity contribution in [2.75, 3.05) is 0 Å². The van der Waals surface area contributed by atoms with E-state index in [4.69, 9.17) is 0 Å². The fourth-order valence-electron chi connectivity index (χ4n) is 7.99. The minimum atomic E-state index is 0.947. The normalized spacial score (nSPS) is 41.3. The summed E-state index contributed by atoms with van der Waals surface area (Å²) in [5.41, 5.74) is 3.28. The van der Waals surface area contributed by atoms with Gasteiger partial charge in [-0.15, -0.1) is 0 Å². The van der Waals surface area contributed by atoms with E-state index in [-0.39, 0.29) is 0 Å². The van der Waals surface area contributed by atoms with Crippen LogP contribution < -0.4 is 0 Å². The average molecular weight is 365 g/mol. The second-order valence-electron chi connectivity index (χ2n) is 10.9. The Kier molecular flexibility index (Phi) is 5.36. The molecular weight excluding hydrogens is 324 g/mol. The van der Waals surface area contributed by atoms with Gasteiger partial charge in [0.1, 0.15) is 0 Å². The van der Waals surface area contributed by atoms with Crippen LogP contribution in [0.4, 0.5) is 0 Å². The van der Waals surface area contributed by atoms with E-state index >= 15 is 0 Å². The molecule has 0 amide bonds. The van der Waals surface area contributed by atoms with Crippen molar-refractivity contribution >= 4 is 0 Å². The zero-order valence-corrected chi connectivity index (χ0v) is 17.5. The molecule has 4 fully saturated rings. The Morgan fingerprint density at radius 1 is 0.741 bits per heavy atom.